The predicted octanol–water partition coefficient (Wildman–Crippen LogP) is 3.49. The van der Waals surface area contributed by atoms with Crippen LogP contribution >= 0.6 is 11.3 Å². The maximum absolute atomic E-state index is 12.7. The SMILES string of the molecule is CCN(CC)C(=O)c1c(-c2ccccc2OC)csc1N. The lowest BCUT2D eigenvalue weighted by Crippen LogP contribution is -2.31. The minimum Gasteiger partial charge on any atom is -0.496 e. The molecule has 1 heterocycles. The van der Waals surface area contributed by atoms with Crippen LogP contribution in [0.2, 0.25) is 0 Å². The molecule has 0 fully saturated rings. The quantitative estimate of drug-likeness (QED) is 0.920. The fourth-order valence-corrected chi connectivity index (χ4v) is 3.13. The van der Waals surface area contributed by atoms with Crippen molar-refractivity contribution in [2.24, 2.45) is 0 Å². The first kappa shape index (κ1) is 15.4. The van der Waals surface area contributed by atoms with E-state index in [-0.39, 0.29) is 5.91 Å². The fourth-order valence-electron chi connectivity index (χ4n) is 2.33. The summed E-state index contributed by atoms with van der Waals surface area (Å²) in [6.07, 6.45) is 0. The minimum atomic E-state index is -0.0281. The average molecular weight is 304 g/mol. The van der Waals surface area contributed by atoms with Crippen molar-refractivity contribution in [3.05, 3.63) is 35.2 Å². The number of carbonyl (C=O) groups excluding carboxylic acids is 1. The molecule has 0 saturated carbocycles. The van der Waals surface area contributed by atoms with Crippen LogP contribution in [-0.2, 0) is 0 Å². The molecule has 0 aliphatic rings. The zero-order chi connectivity index (χ0) is 15.4. The summed E-state index contributed by atoms with van der Waals surface area (Å²) >= 11 is 1.39. The number of ether oxygens (including phenoxy) is 1. The molecule has 0 bridgehead atoms. The molecule has 5 heteroatoms. The highest BCUT2D eigenvalue weighted by Crippen LogP contribution is 2.38. The number of benzene rings is 1. The highest BCUT2D eigenvalue weighted by Gasteiger charge is 2.23. The van der Waals surface area contributed by atoms with E-state index in [0.717, 1.165) is 16.9 Å². The van der Waals surface area contributed by atoms with Gasteiger partial charge in [0.1, 0.15) is 5.75 Å². The number of methoxy groups -OCH3 is 1. The minimum absolute atomic E-state index is 0.0281. The molecule has 0 aliphatic heterocycles. The Morgan fingerprint density at radius 3 is 2.52 bits per heavy atom. The van der Waals surface area contributed by atoms with E-state index in [4.69, 9.17) is 10.5 Å². The van der Waals surface area contributed by atoms with Crippen LogP contribution < -0.4 is 10.5 Å². The number of nitrogen functional groups attached to an aromatic ring is 1. The smallest absolute Gasteiger partial charge is 0.257 e. The molecule has 1 amide bonds. The second-order valence-corrected chi connectivity index (χ2v) is 5.48. The van der Waals surface area contributed by atoms with Gasteiger partial charge in [-0.1, -0.05) is 18.2 Å². The molecule has 2 aromatic rings. The highest BCUT2D eigenvalue weighted by atomic mass is 32.1. The maximum atomic E-state index is 12.7. The number of amides is 1. The number of nitrogens with zero attached hydrogens (tertiary/aromatic N) is 1. The van der Waals surface area contributed by atoms with Gasteiger partial charge >= 0.3 is 0 Å². The molecule has 0 atom stereocenters. The molecular weight excluding hydrogens is 284 g/mol. The van der Waals surface area contributed by atoms with Crippen molar-refractivity contribution in [2.45, 2.75) is 13.8 Å². The van der Waals surface area contributed by atoms with Crippen LogP contribution in [0.4, 0.5) is 5.00 Å². The summed E-state index contributed by atoms with van der Waals surface area (Å²) < 4.78 is 5.40. The number of para-hydroxylation sites is 1. The van der Waals surface area contributed by atoms with E-state index in [1.54, 1.807) is 12.0 Å². The molecule has 2 N–H and O–H groups in total. The van der Waals surface area contributed by atoms with Crippen LogP contribution in [-0.4, -0.2) is 31.0 Å². The van der Waals surface area contributed by atoms with Gasteiger partial charge in [-0.3, -0.25) is 4.79 Å². The van der Waals surface area contributed by atoms with Crippen LogP contribution in [0.5, 0.6) is 5.75 Å². The van der Waals surface area contributed by atoms with Gasteiger partial charge in [0, 0.05) is 29.6 Å². The molecular formula is C16H20N2O2S. The van der Waals surface area contributed by atoms with Crippen LogP contribution in [0, 0.1) is 0 Å². The van der Waals surface area contributed by atoms with E-state index >= 15 is 0 Å². The number of carbonyl (C=O) groups is 1. The summed E-state index contributed by atoms with van der Waals surface area (Å²) in [5.74, 6) is 0.712. The van der Waals surface area contributed by atoms with E-state index in [1.165, 1.54) is 11.3 Å². The first-order chi connectivity index (χ1) is 10.1. The second-order valence-electron chi connectivity index (χ2n) is 4.57. The van der Waals surface area contributed by atoms with E-state index in [1.807, 2.05) is 43.5 Å². The third kappa shape index (κ3) is 2.88. The second kappa shape index (κ2) is 6.63. The molecule has 0 spiro atoms. The van der Waals surface area contributed by atoms with Crippen LogP contribution in [0.25, 0.3) is 11.1 Å². The molecule has 1 aromatic carbocycles. The summed E-state index contributed by atoms with van der Waals surface area (Å²) in [6.45, 7) is 5.26. The van der Waals surface area contributed by atoms with Crippen molar-refractivity contribution in [1.82, 2.24) is 4.90 Å². The summed E-state index contributed by atoms with van der Waals surface area (Å²) in [5.41, 5.74) is 8.36. The predicted molar refractivity (Wildman–Crippen MR) is 88.0 cm³/mol. The van der Waals surface area contributed by atoms with E-state index in [2.05, 4.69) is 0 Å². The van der Waals surface area contributed by atoms with Crippen molar-refractivity contribution in [2.75, 3.05) is 25.9 Å². The molecule has 0 aliphatic carbocycles. The third-order valence-corrected chi connectivity index (χ3v) is 4.29. The largest absolute Gasteiger partial charge is 0.496 e. The lowest BCUT2D eigenvalue weighted by Gasteiger charge is -2.19. The Balaban J connectivity index is 2.55. The lowest BCUT2D eigenvalue weighted by atomic mass is 10.0. The Bertz CT molecular complexity index is 633. The van der Waals surface area contributed by atoms with Crippen molar-refractivity contribution in [1.29, 1.82) is 0 Å². The van der Waals surface area contributed by atoms with E-state index < -0.39 is 0 Å². The van der Waals surface area contributed by atoms with Crippen molar-refractivity contribution in [3.8, 4) is 16.9 Å². The molecule has 0 unspecified atom stereocenters. The molecule has 1 aromatic heterocycles. The van der Waals surface area contributed by atoms with E-state index in [0.29, 0.717) is 23.7 Å². The van der Waals surface area contributed by atoms with Gasteiger partial charge in [0.05, 0.1) is 17.7 Å². The molecule has 4 nitrogen and oxygen atoms in total. The number of hydrogen-bond acceptors (Lipinski definition) is 4. The van der Waals surface area contributed by atoms with Crippen molar-refractivity contribution >= 4 is 22.2 Å². The normalized spacial score (nSPS) is 10.4. The molecule has 0 saturated heterocycles. The third-order valence-electron chi connectivity index (χ3n) is 3.48. The number of rotatable bonds is 5. The number of anilines is 1. The standard InChI is InChI=1S/C16H20N2O2S/c1-4-18(5-2)16(19)14-12(10-21-15(14)17)11-8-6-7-9-13(11)20-3/h6-10H,4-5,17H2,1-3H3. The van der Waals surface area contributed by atoms with Crippen LogP contribution in [0.15, 0.2) is 29.6 Å². The van der Waals surface area contributed by atoms with Gasteiger partial charge in [-0.05, 0) is 19.9 Å². The lowest BCUT2D eigenvalue weighted by molar-refractivity contribution is 0.0775. The fraction of sp³-hybridized carbons (Fsp3) is 0.312. The molecule has 112 valence electrons. The summed E-state index contributed by atoms with van der Waals surface area (Å²) in [7, 11) is 1.63. The first-order valence-electron chi connectivity index (χ1n) is 6.93. The monoisotopic (exact) mass is 304 g/mol. The number of thiophene rings is 1. The molecule has 0 radical (unpaired) electrons. The number of hydrogen-bond donors (Lipinski definition) is 1. The van der Waals surface area contributed by atoms with Gasteiger partial charge in [-0.25, -0.2) is 0 Å². The van der Waals surface area contributed by atoms with Crippen LogP contribution in [0.1, 0.15) is 24.2 Å². The van der Waals surface area contributed by atoms with Gasteiger partial charge in [-0.2, -0.15) is 0 Å². The molecule has 21 heavy (non-hydrogen) atoms. The highest BCUT2D eigenvalue weighted by molar-refractivity contribution is 7.15. The van der Waals surface area contributed by atoms with Gasteiger partial charge in [0.25, 0.3) is 5.91 Å². The summed E-state index contributed by atoms with van der Waals surface area (Å²) in [5, 5.41) is 2.47. The van der Waals surface area contributed by atoms with Crippen molar-refractivity contribution in [3.63, 3.8) is 0 Å². The zero-order valence-electron chi connectivity index (χ0n) is 12.6. The van der Waals surface area contributed by atoms with Gasteiger partial charge in [0.2, 0.25) is 0 Å². The Morgan fingerprint density at radius 2 is 1.90 bits per heavy atom. The number of nitrogens with two attached hydrogens (primary N) is 1. The Labute approximate surface area is 129 Å². The van der Waals surface area contributed by atoms with Crippen molar-refractivity contribution < 1.29 is 9.53 Å². The first-order valence-corrected chi connectivity index (χ1v) is 7.81. The molecule has 2 rings (SSSR count). The summed E-state index contributed by atoms with van der Waals surface area (Å²) in [4.78, 5) is 14.5. The Morgan fingerprint density at radius 1 is 1.24 bits per heavy atom. The van der Waals surface area contributed by atoms with Gasteiger partial charge < -0.3 is 15.4 Å². The Kier molecular flexibility index (Phi) is 4.85. The topological polar surface area (TPSA) is 55.6 Å². The Hall–Kier alpha value is -2.01. The van der Waals surface area contributed by atoms with Gasteiger partial charge in [-0.15, -0.1) is 11.3 Å². The van der Waals surface area contributed by atoms with Gasteiger partial charge in [0.15, 0.2) is 0 Å². The zero-order valence-corrected chi connectivity index (χ0v) is 13.4. The van der Waals surface area contributed by atoms with E-state index in [9.17, 15) is 4.79 Å². The van der Waals surface area contributed by atoms with Crippen LogP contribution in [0.3, 0.4) is 0 Å². The average Bonchev–Trinajstić information content (AvgIpc) is 2.89. The maximum Gasteiger partial charge on any atom is 0.257 e. The summed E-state index contributed by atoms with van der Waals surface area (Å²) in [6, 6.07) is 7.66.